The van der Waals surface area contributed by atoms with Gasteiger partial charge in [-0.05, 0) is 79.6 Å². The number of hydrogen-bond acceptors (Lipinski definition) is 4. The maximum atomic E-state index is 7.04. The molecule has 0 N–H and O–H groups in total. The molecule has 0 fully saturated rings. The van der Waals surface area contributed by atoms with Crippen LogP contribution in [0.15, 0.2) is 127 Å². The second-order valence-electron chi connectivity index (χ2n) is 24.1. The summed E-state index contributed by atoms with van der Waals surface area (Å²) < 4.78 is 9.26. The van der Waals surface area contributed by atoms with E-state index in [2.05, 4.69) is 254 Å². The number of anilines is 2. The molecule has 5 nitrogen and oxygen atoms in total. The number of para-hydroxylation sites is 1. The van der Waals surface area contributed by atoms with Gasteiger partial charge in [0.25, 0.3) is 0 Å². The van der Waals surface area contributed by atoms with Crippen molar-refractivity contribution < 1.29 is 25.8 Å². The minimum absolute atomic E-state index is 0. The van der Waals surface area contributed by atoms with Gasteiger partial charge in [-0.25, -0.2) is 4.98 Å². The molecule has 8 rings (SSSR count). The van der Waals surface area contributed by atoms with E-state index in [-0.39, 0.29) is 53.6 Å². The molecule has 1 aliphatic heterocycles. The molecule has 6 heteroatoms. The predicted molar refractivity (Wildman–Crippen MR) is 279 cm³/mol. The number of benzene rings is 5. The Morgan fingerprint density at radius 1 is 0.478 bits per heavy atom. The van der Waals surface area contributed by atoms with Crippen LogP contribution in [0.5, 0.6) is 11.5 Å². The molecule has 1 aliphatic rings. The number of hydrogen-bond donors (Lipinski definition) is 0. The molecule has 67 heavy (non-hydrogen) atoms. The molecular formula is C61H71N4OPt-3. The van der Waals surface area contributed by atoms with Crippen LogP contribution in [0.2, 0.25) is 0 Å². The predicted octanol–water partition coefficient (Wildman–Crippen LogP) is 16.5. The molecule has 0 spiro atoms. The first-order valence-electron chi connectivity index (χ1n) is 23.7. The third kappa shape index (κ3) is 9.78. The van der Waals surface area contributed by atoms with Crippen LogP contribution in [0, 0.1) is 29.6 Å². The van der Waals surface area contributed by atoms with E-state index < -0.39 is 0 Å². The number of pyridine rings is 1. The van der Waals surface area contributed by atoms with E-state index in [0.717, 1.165) is 38.9 Å². The van der Waals surface area contributed by atoms with Crippen molar-refractivity contribution in [3.63, 3.8) is 0 Å². The first kappa shape index (κ1) is 49.8. The zero-order valence-electron chi connectivity index (χ0n) is 43.1. The third-order valence-corrected chi connectivity index (χ3v) is 13.2. The molecule has 3 heterocycles. The minimum atomic E-state index is -0.367. The van der Waals surface area contributed by atoms with Gasteiger partial charge in [0.2, 0.25) is 0 Å². The molecule has 0 atom stereocenters. The topological polar surface area (TPSA) is 33.5 Å². The van der Waals surface area contributed by atoms with E-state index >= 15 is 0 Å². The Morgan fingerprint density at radius 2 is 1.06 bits per heavy atom. The fourth-order valence-corrected chi connectivity index (χ4v) is 9.28. The summed E-state index contributed by atoms with van der Waals surface area (Å²) in [7, 11) is 0. The number of aromatic nitrogens is 2. The zero-order valence-corrected chi connectivity index (χ0v) is 45.3. The standard InChI is InChI=1S/C61H71N4O.Pt/c1-56(2,3)41-29-30-62-53(36-41)65-51-26-22-21-25-49(51)50-28-27-47(38-52(50)65)66-48-35-44(61(16,17)40-23-19-18-20-24-40)34-46(37-48)64-39-63(54(59(10,11)12)55(64)60(13,14)15)45-32-42(57(4,5)6)31-43(33-45)58(7,8)9;/h18-36,39H,1-17H3;/q-3;. The van der Waals surface area contributed by atoms with Gasteiger partial charge in [-0.3, -0.25) is 0 Å². The maximum absolute atomic E-state index is 7.04. The van der Waals surface area contributed by atoms with E-state index in [1.807, 2.05) is 12.3 Å². The van der Waals surface area contributed by atoms with Gasteiger partial charge in [0.1, 0.15) is 5.82 Å². The van der Waals surface area contributed by atoms with E-state index in [4.69, 9.17) is 9.72 Å². The Bertz CT molecular complexity index is 2940. The number of nitrogens with zero attached hydrogens (tertiary/aromatic N) is 4. The van der Waals surface area contributed by atoms with Gasteiger partial charge in [-0.2, -0.15) is 6.07 Å². The molecular weight excluding hydrogens is 1000 g/mol. The number of rotatable bonds is 7. The molecule has 0 bridgehead atoms. The summed E-state index contributed by atoms with van der Waals surface area (Å²) in [6, 6.07) is 47.1. The van der Waals surface area contributed by atoms with Crippen molar-refractivity contribution in [3.8, 4) is 17.3 Å². The van der Waals surface area contributed by atoms with Gasteiger partial charge in [0.05, 0.1) is 0 Å². The van der Waals surface area contributed by atoms with Crippen LogP contribution in [0.1, 0.15) is 146 Å². The van der Waals surface area contributed by atoms with Crippen molar-refractivity contribution in [1.82, 2.24) is 9.55 Å². The third-order valence-electron chi connectivity index (χ3n) is 13.2. The van der Waals surface area contributed by atoms with E-state index in [0.29, 0.717) is 11.5 Å². The van der Waals surface area contributed by atoms with Crippen LogP contribution in [0.3, 0.4) is 0 Å². The molecule has 0 saturated carbocycles. The average Bonchev–Trinajstić information content (AvgIpc) is 3.81. The second kappa shape index (κ2) is 17.4. The second-order valence-corrected chi connectivity index (χ2v) is 24.1. The van der Waals surface area contributed by atoms with E-state index in [9.17, 15) is 0 Å². The van der Waals surface area contributed by atoms with Gasteiger partial charge in [-0.15, -0.1) is 53.6 Å². The Balaban J connectivity index is 0.00000666. The Morgan fingerprint density at radius 3 is 1.66 bits per heavy atom. The van der Waals surface area contributed by atoms with Crippen molar-refractivity contribution >= 4 is 33.2 Å². The van der Waals surface area contributed by atoms with Gasteiger partial charge in [0.15, 0.2) is 0 Å². The Labute approximate surface area is 416 Å². The molecule has 0 saturated heterocycles. The number of fused-ring (bicyclic) bond motifs is 3. The van der Waals surface area contributed by atoms with Gasteiger partial charge in [0, 0.05) is 72.2 Å². The largest absolute Gasteiger partial charge is 0.509 e. The van der Waals surface area contributed by atoms with Crippen LogP contribution < -0.4 is 14.5 Å². The molecule has 354 valence electrons. The zero-order chi connectivity index (χ0) is 47.9. The van der Waals surface area contributed by atoms with Crippen LogP contribution >= 0.6 is 0 Å². The van der Waals surface area contributed by atoms with Gasteiger partial charge in [-0.1, -0.05) is 178 Å². The van der Waals surface area contributed by atoms with Gasteiger partial charge < -0.3 is 19.1 Å². The van der Waals surface area contributed by atoms with Crippen LogP contribution in [-0.2, 0) is 42.7 Å². The average molecular weight is 1070 g/mol. The monoisotopic (exact) mass is 1070 g/mol. The molecule has 0 aliphatic carbocycles. The van der Waals surface area contributed by atoms with Crippen LogP contribution in [0.25, 0.3) is 27.6 Å². The summed E-state index contributed by atoms with van der Waals surface area (Å²) in [6.45, 7) is 41.5. The number of allylic oxidation sites excluding steroid dienone is 2. The molecule has 7 aromatic rings. The molecule has 0 amide bonds. The van der Waals surface area contributed by atoms with Crippen LogP contribution in [-0.4, -0.2) is 9.55 Å². The summed E-state index contributed by atoms with van der Waals surface area (Å²) in [4.78, 5) is 9.76. The summed E-state index contributed by atoms with van der Waals surface area (Å²) in [6.07, 6.45) is 1.92. The normalized spacial score (nSPS) is 14.3. The molecule has 2 aromatic heterocycles. The van der Waals surface area contributed by atoms with Crippen molar-refractivity contribution in [1.29, 1.82) is 0 Å². The van der Waals surface area contributed by atoms with Crippen molar-refractivity contribution in [2.75, 3.05) is 9.80 Å². The Kier molecular flexibility index (Phi) is 13.0. The summed E-state index contributed by atoms with van der Waals surface area (Å²) >= 11 is 0. The fraction of sp³-hybridized carbons (Fsp3) is 0.377. The number of ether oxygens (including phenoxy) is 1. The fourth-order valence-electron chi connectivity index (χ4n) is 9.28. The summed E-state index contributed by atoms with van der Waals surface area (Å²) in [5, 5.41) is 2.24. The van der Waals surface area contributed by atoms with Crippen molar-refractivity contribution in [2.24, 2.45) is 10.8 Å². The molecule has 0 radical (unpaired) electrons. The van der Waals surface area contributed by atoms with Gasteiger partial charge >= 0.3 is 0 Å². The smallest absolute Gasteiger partial charge is 0.135 e. The quantitative estimate of drug-likeness (QED) is 0.149. The van der Waals surface area contributed by atoms with E-state index in [1.54, 1.807) is 0 Å². The Hall–Kier alpha value is -5.12. The molecule has 0 unspecified atom stereocenters. The van der Waals surface area contributed by atoms with E-state index in [1.165, 1.54) is 39.3 Å². The van der Waals surface area contributed by atoms with Crippen molar-refractivity contribution in [3.05, 3.63) is 173 Å². The SMILES string of the molecule is CC(C)(C)C1=C(C(C)(C)C)N(c2cc(C(C)(C)C)cc(C(C)(C)C)c2)[CH-]N1c1[c-]c(Oc2[c-]c3c(cc2)c2ccccc2n3-c2cc(C(C)(C)C)ccn2)cc(C(C)(C)c2ccccc2)c1.[Pt]. The van der Waals surface area contributed by atoms with Crippen molar-refractivity contribution in [2.45, 2.75) is 139 Å². The summed E-state index contributed by atoms with van der Waals surface area (Å²) in [5.74, 6) is 2.09. The summed E-state index contributed by atoms with van der Waals surface area (Å²) in [5.41, 5.74) is 11.8. The minimum Gasteiger partial charge on any atom is -0.509 e. The van der Waals surface area contributed by atoms with Crippen LogP contribution in [0.4, 0.5) is 11.4 Å². The first-order chi connectivity index (χ1) is 30.6. The molecule has 5 aromatic carbocycles. The maximum Gasteiger partial charge on any atom is 0.135 e. The first-order valence-corrected chi connectivity index (χ1v) is 23.7.